The van der Waals surface area contributed by atoms with Gasteiger partial charge in [-0.25, -0.2) is 4.98 Å². The number of rotatable bonds is 6. The van der Waals surface area contributed by atoms with Crippen molar-refractivity contribution < 1.29 is 23.1 Å². The molecule has 0 aliphatic heterocycles. The molecule has 3 rings (SSSR count). The molecule has 0 unspecified atom stereocenters. The molecule has 0 spiro atoms. The second-order valence-corrected chi connectivity index (χ2v) is 8.17. The number of nitrogens with one attached hydrogen (secondary N) is 2. The Morgan fingerprint density at radius 3 is 2.57 bits per heavy atom. The summed E-state index contributed by atoms with van der Waals surface area (Å²) in [5, 5.41) is 14.3. The van der Waals surface area contributed by atoms with Crippen LogP contribution < -0.4 is 11.1 Å². The van der Waals surface area contributed by atoms with Crippen LogP contribution >= 0.6 is 11.3 Å². The number of thiazole rings is 1. The molecule has 3 heterocycles. The van der Waals surface area contributed by atoms with Gasteiger partial charge in [-0.1, -0.05) is 0 Å². The van der Waals surface area contributed by atoms with Crippen molar-refractivity contribution >= 4 is 17.2 Å². The fourth-order valence-corrected chi connectivity index (χ4v) is 3.75. The molecular formula is C19H20F3N5O2S. The Balaban J connectivity index is 1.79. The fraction of sp³-hybridized carbons (Fsp3) is 0.316. The molecule has 0 radical (unpaired) electrons. The number of amides is 1. The average molecular weight is 439 g/mol. The number of aliphatic hydroxyl groups is 1. The maximum atomic E-state index is 12.7. The van der Waals surface area contributed by atoms with Crippen LogP contribution in [0.4, 0.5) is 13.2 Å². The van der Waals surface area contributed by atoms with Crippen molar-refractivity contribution in [1.29, 1.82) is 0 Å². The number of hydrogen-bond donors (Lipinski definition) is 4. The number of carbonyl (C=O) groups excluding carboxylic acids is 1. The summed E-state index contributed by atoms with van der Waals surface area (Å²) in [5.41, 5.74) is 5.86. The van der Waals surface area contributed by atoms with Gasteiger partial charge in [-0.2, -0.15) is 13.2 Å². The van der Waals surface area contributed by atoms with Crippen LogP contribution in [0.3, 0.4) is 0 Å². The third-order valence-electron chi connectivity index (χ3n) is 4.30. The van der Waals surface area contributed by atoms with E-state index in [-0.39, 0.29) is 18.0 Å². The maximum absolute atomic E-state index is 12.7. The second-order valence-electron chi connectivity index (χ2n) is 7.28. The highest BCUT2D eigenvalue weighted by molar-refractivity contribution is 7.09. The SMILES string of the molecule is CC(C)(N)[C@@H](NC(=O)c1ccc(-c2ccc(C(F)(F)F)cn2)[nH]1)c1nc(CO)cs1. The van der Waals surface area contributed by atoms with Gasteiger partial charge in [0.25, 0.3) is 5.91 Å². The van der Waals surface area contributed by atoms with E-state index < -0.39 is 29.2 Å². The Labute approximate surface area is 174 Å². The zero-order chi connectivity index (χ0) is 22.1. The van der Waals surface area contributed by atoms with Crippen LogP contribution in [0, 0.1) is 0 Å². The fourth-order valence-electron chi connectivity index (χ4n) is 2.70. The molecule has 0 aromatic carbocycles. The number of nitrogens with zero attached hydrogens (tertiary/aromatic N) is 2. The van der Waals surface area contributed by atoms with Crippen LogP contribution in [-0.2, 0) is 12.8 Å². The lowest BCUT2D eigenvalue weighted by Crippen LogP contribution is -2.48. The molecule has 1 atom stereocenters. The van der Waals surface area contributed by atoms with Gasteiger partial charge in [0.15, 0.2) is 0 Å². The Kier molecular flexibility index (Phi) is 5.97. The molecule has 0 saturated heterocycles. The third-order valence-corrected chi connectivity index (χ3v) is 5.25. The van der Waals surface area contributed by atoms with E-state index in [0.29, 0.717) is 16.4 Å². The molecule has 0 aliphatic carbocycles. The number of H-pyrrole nitrogens is 1. The first-order valence-corrected chi connectivity index (χ1v) is 9.74. The molecule has 0 bridgehead atoms. The predicted octanol–water partition coefficient (Wildman–Crippen LogP) is 3.25. The standard InChI is InChI=1S/C19H20F3N5O2S/c1-18(2,23)15(17-25-11(8-28)9-30-17)27-16(29)14-6-5-13(26-14)12-4-3-10(7-24-12)19(20,21)22/h3-7,9,15,26,28H,8,23H2,1-2H3,(H,27,29)/t15-/m0/s1. The lowest BCUT2D eigenvalue weighted by atomic mass is 9.96. The molecule has 0 fully saturated rings. The molecule has 7 nitrogen and oxygen atoms in total. The van der Waals surface area contributed by atoms with Gasteiger partial charge in [0.2, 0.25) is 0 Å². The number of aliphatic hydroxyl groups excluding tert-OH is 1. The summed E-state index contributed by atoms with van der Waals surface area (Å²) in [6.45, 7) is 3.26. The molecule has 30 heavy (non-hydrogen) atoms. The number of alkyl halides is 3. The third kappa shape index (κ3) is 4.86. The summed E-state index contributed by atoms with van der Waals surface area (Å²) < 4.78 is 38.1. The number of hydrogen-bond acceptors (Lipinski definition) is 6. The summed E-state index contributed by atoms with van der Waals surface area (Å²) in [7, 11) is 0. The van der Waals surface area contributed by atoms with E-state index in [1.807, 2.05) is 0 Å². The first kappa shape index (κ1) is 21.9. The summed E-state index contributed by atoms with van der Waals surface area (Å²) in [6, 6.07) is 4.60. The van der Waals surface area contributed by atoms with Gasteiger partial charge in [0.05, 0.1) is 35.3 Å². The minimum Gasteiger partial charge on any atom is -0.390 e. The number of aromatic nitrogens is 3. The van der Waals surface area contributed by atoms with Crippen LogP contribution in [0.1, 0.15) is 46.6 Å². The van der Waals surface area contributed by atoms with Gasteiger partial charge in [0.1, 0.15) is 10.7 Å². The van der Waals surface area contributed by atoms with Crippen LogP contribution in [0.15, 0.2) is 35.8 Å². The van der Waals surface area contributed by atoms with Crippen LogP contribution in [0.2, 0.25) is 0 Å². The lowest BCUT2D eigenvalue weighted by Gasteiger charge is -2.29. The number of nitrogens with two attached hydrogens (primary N) is 1. The van der Waals surface area contributed by atoms with E-state index in [0.717, 1.165) is 12.3 Å². The van der Waals surface area contributed by atoms with Crippen molar-refractivity contribution in [3.63, 3.8) is 0 Å². The topological polar surface area (TPSA) is 117 Å². The van der Waals surface area contributed by atoms with Crippen molar-refractivity contribution in [3.05, 3.63) is 57.8 Å². The minimum absolute atomic E-state index is 0.194. The van der Waals surface area contributed by atoms with E-state index in [4.69, 9.17) is 5.73 Å². The zero-order valence-corrected chi connectivity index (χ0v) is 16.9. The van der Waals surface area contributed by atoms with Gasteiger partial charge in [-0.15, -0.1) is 11.3 Å². The minimum atomic E-state index is -4.47. The van der Waals surface area contributed by atoms with E-state index in [1.165, 1.54) is 23.5 Å². The van der Waals surface area contributed by atoms with Crippen molar-refractivity contribution in [3.8, 4) is 11.4 Å². The summed E-state index contributed by atoms with van der Waals surface area (Å²) in [4.78, 5) is 23.7. The van der Waals surface area contributed by atoms with Gasteiger partial charge < -0.3 is 21.1 Å². The maximum Gasteiger partial charge on any atom is 0.417 e. The number of pyridine rings is 1. The Hall–Kier alpha value is -2.76. The van der Waals surface area contributed by atoms with Crippen LogP contribution in [0.5, 0.6) is 0 Å². The predicted molar refractivity (Wildman–Crippen MR) is 106 cm³/mol. The van der Waals surface area contributed by atoms with E-state index in [9.17, 15) is 23.1 Å². The van der Waals surface area contributed by atoms with Crippen molar-refractivity contribution in [1.82, 2.24) is 20.3 Å². The Morgan fingerprint density at radius 2 is 2.03 bits per heavy atom. The van der Waals surface area contributed by atoms with Crippen molar-refractivity contribution in [2.75, 3.05) is 0 Å². The summed E-state index contributed by atoms with van der Waals surface area (Å²) >= 11 is 1.27. The molecule has 3 aromatic rings. The summed E-state index contributed by atoms with van der Waals surface area (Å²) in [5.74, 6) is -0.461. The molecule has 5 N–H and O–H groups in total. The number of aromatic amines is 1. The highest BCUT2D eigenvalue weighted by Gasteiger charge is 2.32. The molecule has 0 saturated carbocycles. The van der Waals surface area contributed by atoms with E-state index in [1.54, 1.807) is 25.3 Å². The molecular weight excluding hydrogens is 419 g/mol. The van der Waals surface area contributed by atoms with Crippen molar-refractivity contribution in [2.24, 2.45) is 5.73 Å². The first-order valence-electron chi connectivity index (χ1n) is 8.86. The van der Waals surface area contributed by atoms with Gasteiger partial charge in [-0.05, 0) is 38.1 Å². The largest absolute Gasteiger partial charge is 0.417 e. The quantitative estimate of drug-likeness (QED) is 0.470. The first-order chi connectivity index (χ1) is 14.0. The van der Waals surface area contributed by atoms with E-state index in [2.05, 4.69) is 20.3 Å². The molecule has 0 aliphatic rings. The monoisotopic (exact) mass is 439 g/mol. The average Bonchev–Trinajstić information content (AvgIpc) is 3.34. The number of halogens is 3. The van der Waals surface area contributed by atoms with E-state index >= 15 is 0 Å². The second kappa shape index (κ2) is 8.17. The zero-order valence-electron chi connectivity index (χ0n) is 16.1. The molecule has 3 aromatic heterocycles. The molecule has 11 heteroatoms. The molecule has 160 valence electrons. The number of carbonyl (C=O) groups is 1. The molecule has 1 amide bonds. The van der Waals surface area contributed by atoms with Crippen LogP contribution in [0.25, 0.3) is 11.4 Å². The van der Waals surface area contributed by atoms with Crippen molar-refractivity contribution in [2.45, 2.75) is 38.2 Å². The Bertz CT molecular complexity index is 1020. The normalized spacial score (nSPS) is 13.3. The van der Waals surface area contributed by atoms with Gasteiger partial charge in [-0.3, -0.25) is 9.78 Å². The van der Waals surface area contributed by atoms with Gasteiger partial charge in [0, 0.05) is 17.1 Å². The summed E-state index contributed by atoms with van der Waals surface area (Å²) in [6.07, 6.45) is -3.73. The highest BCUT2D eigenvalue weighted by atomic mass is 32.1. The Morgan fingerprint density at radius 1 is 1.30 bits per heavy atom. The smallest absolute Gasteiger partial charge is 0.390 e. The lowest BCUT2D eigenvalue weighted by molar-refractivity contribution is -0.137. The van der Waals surface area contributed by atoms with Crippen LogP contribution in [-0.4, -0.2) is 31.5 Å². The highest BCUT2D eigenvalue weighted by Crippen LogP contribution is 2.30. The van der Waals surface area contributed by atoms with Gasteiger partial charge >= 0.3 is 6.18 Å².